The number of nitrogens with zero attached hydrogens (tertiary/aromatic N) is 1. The molecule has 2 aromatic carbocycles. The minimum absolute atomic E-state index is 0.150. The Hall–Kier alpha value is -3.02. The van der Waals surface area contributed by atoms with E-state index in [0.29, 0.717) is 18.8 Å². The van der Waals surface area contributed by atoms with E-state index in [4.69, 9.17) is 5.73 Å². The summed E-state index contributed by atoms with van der Waals surface area (Å²) in [6.45, 7) is 2.39. The number of hydrogen-bond donors (Lipinski definition) is 2. The van der Waals surface area contributed by atoms with Crippen LogP contribution in [-0.4, -0.2) is 18.4 Å². The van der Waals surface area contributed by atoms with Crippen molar-refractivity contribution in [3.63, 3.8) is 0 Å². The average molecular weight is 327 g/mol. The third-order valence-electron chi connectivity index (χ3n) is 3.37. The third kappa shape index (κ3) is 5.64. The van der Waals surface area contributed by atoms with Crippen molar-refractivity contribution in [1.29, 1.82) is 0 Å². The largest absolute Gasteiger partial charge is 0.399 e. The minimum atomic E-state index is -0.487. The summed E-state index contributed by atoms with van der Waals surface area (Å²) >= 11 is 0. The predicted molar refractivity (Wildman–Crippen MR) is 92.9 cm³/mol. The molecule has 3 N–H and O–H groups in total. The molecule has 6 heteroatoms. The fourth-order valence-corrected chi connectivity index (χ4v) is 2.19. The number of hydroxylamine groups is 1. The van der Waals surface area contributed by atoms with E-state index in [1.807, 2.05) is 60.1 Å². The Bertz CT molecular complexity index is 672. The molecule has 0 spiro atoms. The first-order valence-corrected chi connectivity index (χ1v) is 7.65. The van der Waals surface area contributed by atoms with Crippen LogP contribution in [0, 0.1) is 0 Å². The summed E-state index contributed by atoms with van der Waals surface area (Å²) in [6.07, 6.45) is 0.150. The molecule has 6 nitrogen and oxygen atoms in total. The second-order valence-corrected chi connectivity index (χ2v) is 5.38. The number of rotatable bonds is 6. The van der Waals surface area contributed by atoms with E-state index >= 15 is 0 Å². The van der Waals surface area contributed by atoms with Gasteiger partial charge in [0.05, 0.1) is 6.42 Å². The number of anilines is 2. The van der Waals surface area contributed by atoms with Crippen molar-refractivity contribution in [3.8, 4) is 0 Å². The van der Waals surface area contributed by atoms with Gasteiger partial charge in [0, 0.05) is 31.4 Å². The molecule has 0 bridgehead atoms. The van der Waals surface area contributed by atoms with Gasteiger partial charge in [-0.1, -0.05) is 30.3 Å². The molecule has 0 radical (unpaired) electrons. The highest BCUT2D eigenvalue weighted by atomic mass is 16.7. The molecule has 126 valence electrons. The Morgan fingerprint density at radius 2 is 1.75 bits per heavy atom. The van der Waals surface area contributed by atoms with E-state index in [9.17, 15) is 9.59 Å². The number of benzene rings is 2. The summed E-state index contributed by atoms with van der Waals surface area (Å²) < 4.78 is 0. The van der Waals surface area contributed by atoms with Crippen molar-refractivity contribution in [3.05, 3.63) is 60.2 Å². The van der Waals surface area contributed by atoms with Gasteiger partial charge in [-0.25, -0.2) is 4.79 Å². The molecule has 0 aliphatic heterocycles. The van der Waals surface area contributed by atoms with Crippen LogP contribution in [0.2, 0.25) is 0 Å². The molecule has 0 atom stereocenters. The van der Waals surface area contributed by atoms with Crippen molar-refractivity contribution in [2.75, 3.05) is 17.2 Å². The van der Waals surface area contributed by atoms with Gasteiger partial charge < -0.3 is 15.5 Å². The van der Waals surface area contributed by atoms with Gasteiger partial charge in [0.2, 0.25) is 5.91 Å². The van der Waals surface area contributed by atoms with Crippen LogP contribution >= 0.6 is 0 Å². The van der Waals surface area contributed by atoms with Crippen LogP contribution in [0.15, 0.2) is 54.6 Å². The predicted octanol–water partition coefficient (Wildman–Crippen LogP) is 2.26. The maximum Gasteiger partial charge on any atom is 0.334 e. The maximum atomic E-state index is 11.7. The molecule has 24 heavy (non-hydrogen) atoms. The van der Waals surface area contributed by atoms with Crippen molar-refractivity contribution in [1.82, 2.24) is 5.48 Å². The monoisotopic (exact) mass is 327 g/mol. The van der Waals surface area contributed by atoms with Crippen LogP contribution in [-0.2, 0) is 21.0 Å². The number of nitrogen functional groups attached to an aromatic ring is 1. The van der Waals surface area contributed by atoms with Gasteiger partial charge in [-0.2, -0.15) is 5.48 Å². The van der Waals surface area contributed by atoms with E-state index in [1.54, 1.807) is 0 Å². The molecule has 0 aliphatic rings. The van der Waals surface area contributed by atoms with Gasteiger partial charge in [0.15, 0.2) is 0 Å². The lowest BCUT2D eigenvalue weighted by molar-refractivity contribution is -0.157. The van der Waals surface area contributed by atoms with Gasteiger partial charge in [-0.15, -0.1) is 0 Å². The quantitative estimate of drug-likeness (QED) is 0.628. The molecular weight excluding hydrogens is 306 g/mol. The van der Waals surface area contributed by atoms with Gasteiger partial charge in [0.25, 0.3) is 0 Å². The first-order valence-electron chi connectivity index (χ1n) is 7.65. The van der Waals surface area contributed by atoms with E-state index in [1.165, 1.54) is 6.92 Å². The standard InChI is InChI=1S/C18H21N3O3/c1-14(22)20-24-18(23)11-12-21(13-15-5-3-2-4-6-15)17-9-7-16(19)8-10-17/h2-10H,11-13,19H2,1H3,(H,20,22). The van der Waals surface area contributed by atoms with Gasteiger partial charge in [0.1, 0.15) is 0 Å². The van der Waals surface area contributed by atoms with E-state index in [-0.39, 0.29) is 6.42 Å². The Labute approximate surface area is 141 Å². The van der Waals surface area contributed by atoms with Gasteiger partial charge in [-0.3, -0.25) is 4.79 Å². The second-order valence-electron chi connectivity index (χ2n) is 5.38. The lowest BCUT2D eigenvalue weighted by atomic mass is 10.2. The summed E-state index contributed by atoms with van der Waals surface area (Å²) in [6, 6.07) is 17.4. The van der Waals surface area contributed by atoms with Crippen molar-refractivity contribution >= 4 is 23.3 Å². The third-order valence-corrected chi connectivity index (χ3v) is 3.37. The molecule has 0 saturated heterocycles. The lowest BCUT2D eigenvalue weighted by Crippen LogP contribution is -2.29. The average Bonchev–Trinajstić information content (AvgIpc) is 2.58. The second kappa shape index (κ2) is 8.57. The molecule has 2 aromatic rings. The normalized spacial score (nSPS) is 10.0. The van der Waals surface area contributed by atoms with Crippen LogP contribution in [0.25, 0.3) is 0 Å². The highest BCUT2D eigenvalue weighted by Gasteiger charge is 2.12. The Morgan fingerprint density at radius 3 is 2.38 bits per heavy atom. The van der Waals surface area contributed by atoms with Gasteiger partial charge >= 0.3 is 5.97 Å². The fourth-order valence-electron chi connectivity index (χ4n) is 2.19. The van der Waals surface area contributed by atoms with Crippen LogP contribution in [0.3, 0.4) is 0 Å². The molecule has 0 saturated carbocycles. The summed E-state index contributed by atoms with van der Waals surface area (Å²) in [5.74, 6) is -0.901. The van der Waals surface area contributed by atoms with Crippen molar-refractivity contribution < 1.29 is 14.4 Å². The van der Waals surface area contributed by atoms with Crippen molar-refractivity contribution in [2.45, 2.75) is 19.9 Å². The molecular formula is C18H21N3O3. The van der Waals surface area contributed by atoms with E-state index < -0.39 is 11.9 Å². The van der Waals surface area contributed by atoms with Crippen LogP contribution < -0.4 is 16.1 Å². The molecule has 0 aliphatic carbocycles. The van der Waals surface area contributed by atoms with Crippen molar-refractivity contribution in [2.24, 2.45) is 0 Å². The molecule has 0 aromatic heterocycles. The number of carbonyl (C=O) groups is 2. The molecule has 0 heterocycles. The maximum absolute atomic E-state index is 11.7. The highest BCUT2D eigenvalue weighted by Crippen LogP contribution is 2.19. The first-order chi connectivity index (χ1) is 11.5. The summed E-state index contributed by atoms with van der Waals surface area (Å²) in [7, 11) is 0. The van der Waals surface area contributed by atoms with E-state index in [2.05, 4.69) is 9.74 Å². The van der Waals surface area contributed by atoms with Crippen LogP contribution in [0.5, 0.6) is 0 Å². The summed E-state index contributed by atoms with van der Waals surface area (Å²) in [5, 5.41) is 0. The smallest absolute Gasteiger partial charge is 0.334 e. The zero-order chi connectivity index (χ0) is 17.4. The minimum Gasteiger partial charge on any atom is -0.399 e. The highest BCUT2D eigenvalue weighted by molar-refractivity contribution is 5.76. The number of amides is 1. The Morgan fingerprint density at radius 1 is 1.08 bits per heavy atom. The number of nitrogens with one attached hydrogen (secondary N) is 1. The number of hydrogen-bond acceptors (Lipinski definition) is 5. The van der Waals surface area contributed by atoms with E-state index in [0.717, 1.165) is 11.3 Å². The molecule has 1 amide bonds. The number of nitrogens with two attached hydrogens (primary N) is 1. The first kappa shape index (κ1) is 17.3. The fraction of sp³-hybridized carbons (Fsp3) is 0.222. The topological polar surface area (TPSA) is 84.7 Å². The van der Waals surface area contributed by atoms with Crippen LogP contribution in [0.1, 0.15) is 18.9 Å². The SMILES string of the molecule is CC(=O)NOC(=O)CCN(Cc1ccccc1)c1ccc(N)cc1. The zero-order valence-electron chi connectivity index (χ0n) is 13.6. The van der Waals surface area contributed by atoms with Crippen LogP contribution in [0.4, 0.5) is 11.4 Å². The molecule has 0 fully saturated rings. The summed E-state index contributed by atoms with van der Waals surface area (Å²) in [5.41, 5.74) is 10.6. The number of carbonyl (C=O) groups excluding carboxylic acids is 2. The Balaban J connectivity index is 2.03. The van der Waals surface area contributed by atoms with Gasteiger partial charge in [-0.05, 0) is 29.8 Å². The molecule has 0 unspecified atom stereocenters. The Kier molecular flexibility index (Phi) is 6.19. The lowest BCUT2D eigenvalue weighted by Gasteiger charge is -2.24. The molecule has 2 rings (SSSR count). The summed E-state index contributed by atoms with van der Waals surface area (Å²) in [4.78, 5) is 29.2. The zero-order valence-corrected chi connectivity index (χ0v) is 13.6.